The van der Waals surface area contributed by atoms with E-state index in [-0.39, 0.29) is 5.41 Å². The molecule has 0 radical (unpaired) electrons. The van der Waals surface area contributed by atoms with Crippen molar-refractivity contribution in [3.63, 3.8) is 0 Å². The van der Waals surface area contributed by atoms with E-state index < -0.39 is 0 Å². The van der Waals surface area contributed by atoms with Crippen LogP contribution in [-0.4, -0.2) is 27.3 Å². The molecule has 0 aliphatic carbocycles. The van der Waals surface area contributed by atoms with Crippen molar-refractivity contribution < 1.29 is 9.47 Å². The molecular formula is C15H26N2O2. The van der Waals surface area contributed by atoms with Gasteiger partial charge in [-0.25, -0.2) is 0 Å². The molecule has 0 aliphatic rings. The van der Waals surface area contributed by atoms with Crippen LogP contribution in [0.3, 0.4) is 0 Å². The Morgan fingerprint density at radius 2 is 1.95 bits per heavy atom. The molecule has 1 aromatic carbocycles. The Kier molecular flexibility index (Phi) is 6.12. The standard InChI is InChI=1S/C15H26N2O2/c1-15(2,7-8-16)11-17-10-12-5-6-13(18-3)9-14(12)19-4/h5-6,9,17H,7-8,10-11,16H2,1-4H3. The highest BCUT2D eigenvalue weighted by Crippen LogP contribution is 2.25. The fraction of sp³-hybridized carbons (Fsp3) is 0.600. The molecule has 4 heteroatoms. The Bertz CT molecular complexity index is 392. The molecule has 0 fully saturated rings. The van der Waals surface area contributed by atoms with Gasteiger partial charge in [-0.05, 0) is 24.4 Å². The van der Waals surface area contributed by atoms with Crippen LogP contribution in [-0.2, 0) is 6.54 Å². The van der Waals surface area contributed by atoms with Gasteiger partial charge in [0, 0.05) is 24.7 Å². The minimum Gasteiger partial charge on any atom is -0.497 e. The molecule has 1 rings (SSSR count). The molecule has 0 unspecified atom stereocenters. The molecule has 0 aliphatic heterocycles. The van der Waals surface area contributed by atoms with E-state index in [0.29, 0.717) is 0 Å². The van der Waals surface area contributed by atoms with Crippen molar-refractivity contribution >= 4 is 0 Å². The summed E-state index contributed by atoms with van der Waals surface area (Å²) in [6.07, 6.45) is 1.01. The number of hydrogen-bond acceptors (Lipinski definition) is 4. The highest BCUT2D eigenvalue weighted by molar-refractivity contribution is 5.40. The minimum atomic E-state index is 0.217. The van der Waals surface area contributed by atoms with Gasteiger partial charge in [0.25, 0.3) is 0 Å². The molecule has 0 saturated heterocycles. The summed E-state index contributed by atoms with van der Waals surface area (Å²) in [5.41, 5.74) is 6.96. The molecule has 0 heterocycles. The summed E-state index contributed by atoms with van der Waals surface area (Å²) >= 11 is 0. The second kappa shape index (κ2) is 7.36. The number of nitrogens with one attached hydrogen (secondary N) is 1. The fourth-order valence-corrected chi connectivity index (χ4v) is 2.01. The molecule has 1 aromatic rings. The molecular weight excluding hydrogens is 240 g/mol. The van der Waals surface area contributed by atoms with E-state index in [1.165, 1.54) is 0 Å². The largest absolute Gasteiger partial charge is 0.497 e. The Hall–Kier alpha value is -1.26. The van der Waals surface area contributed by atoms with Gasteiger partial charge in [0.05, 0.1) is 14.2 Å². The summed E-state index contributed by atoms with van der Waals surface area (Å²) in [5, 5.41) is 3.46. The molecule has 0 atom stereocenters. The van der Waals surface area contributed by atoms with Crippen LogP contribution in [0.15, 0.2) is 18.2 Å². The fourth-order valence-electron chi connectivity index (χ4n) is 2.01. The summed E-state index contributed by atoms with van der Waals surface area (Å²) in [4.78, 5) is 0. The van der Waals surface area contributed by atoms with E-state index >= 15 is 0 Å². The van der Waals surface area contributed by atoms with E-state index in [4.69, 9.17) is 15.2 Å². The van der Waals surface area contributed by atoms with Crippen molar-refractivity contribution in [1.29, 1.82) is 0 Å². The SMILES string of the molecule is COc1ccc(CNCC(C)(C)CCN)c(OC)c1. The monoisotopic (exact) mass is 266 g/mol. The Morgan fingerprint density at radius 1 is 1.21 bits per heavy atom. The quantitative estimate of drug-likeness (QED) is 0.757. The zero-order valence-electron chi connectivity index (χ0n) is 12.5. The number of benzene rings is 1. The Balaban J connectivity index is 2.58. The maximum absolute atomic E-state index is 5.61. The third kappa shape index (κ3) is 5.09. The van der Waals surface area contributed by atoms with Crippen molar-refractivity contribution in [2.24, 2.45) is 11.1 Å². The van der Waals surface area contributed by atoms with E-state index in [0.717, 1.165) is 43.1 Å². The van der Waals surface area contributed by atoms with Gasteiger partial charge in [-0.2, -0.15) is 0 Å². The second-order valence-electron chi connectivity index (χ2n) is 5.48. The number of hydrogen-bond donors (Lipinski definition) is 2. The zero-order valence-corrected chi connectivity index (χ0v) is 12.5. The number of ether oxygens (including phenoxy) is 2. The molecule has 4 nitrogen and oxygen atoms in total. The lowest BCUT2D eigenvalue weighted by atomic mass is 9.89. The molecule has 0 bridgehead atoms. The van der Waals surface area contributed by atoms with E-state index in [2.05, 4.69) is 19.2 Å². The summed E-state index contributed by atoms with van der Waals surface area (Å²) in [5.74, 6) is 1.66. The normalized spacial score (nSPS) is 11.4. The van der Waals surface area contributed by atoms with Crippen molar-refractivity contribution in [2.75, 3.05) is 27.3 Å². The molecule has 0 saturated carbocycles. The molecule has 0 spiro atoms. The predicted octanol–water partition coefficient (Wildman–Crippen LogP) is 2.17. The Morgan fingerprint density at radius 3 is 2.53 bits per heavy atom. The van der Waals surface area contributed by atoms with Crippen molar-refractivity contribution in [1.82, 2.24) is 5.32 Å². The number of methoxy groups -OCH3 is 2. The maximum Gasteiger partial charge on any atom is 0.127 e. The molecule has 19 heavy (non-hydrogen) atoms. The van der Waals surface area contributed by atoms with E-state index in [1.54, 1.807) is 14.2 Å². The van der Waals surface area contributed by atoms with Crippen LogP contribution in [0.1, 0.15) is 25.8 Å². The first-order valence-electron chi connectivity index (χ1n) is 6.64. The summed E-state index contributed by atoms with van der Waals surface area (Å²) < 4.78 is 10.6. The van der Waals surface area contributed by atoms with Crippen LogP contribution in [0.25, 0.3) is 0 Å². The van der Waals surface area contributed by atoms with Crippen LogP contribution in [0.5, 0.6) is 11.5 Å². The van der Waals surface area contributed by atoms with Gasteiger partial charge >= 0.3 is 0 Å². The zero-order chi connectivity index (χ0) is 14.3. The van der Waals surface area contributed by atoms with Gasteiger partial charge in [0.1, 0.15) is 11.5 Å². The van der Waals surface area contributed by atoms with Gasteiger partial charge in [-0.15, -0.1) is 0 Å². The maximum atomic E-state index is 5.61. The summed E-state index contributed by atoms with van der Waals surface area (Å²) in [6, 6.07) is 5.88. The van der Waals surface area contributed by atoms with Gasteiger partial charge < -0.3 is 20.5 Å². The van der Waals surface area contributed by atoms with E-state index in [1.807, 2.05) is 18.2 Å². The van der Waals surface area contributed by atoms with Crippen LogP contribution in [0.4, 0.5) is 0 Å². The molecule has 0 aromatic heterocycles. The van der Waals surface area contributed by atoms with Crippen LogP contribution < -0.4 is 20.5 Å². The lowest BCUT2D eigenvalue weighted by Gasteiger charge is -2.24. The second-order valence-corrected chi connectivity index (χ2v) is 5.48. The predicted molar refractivity (Wildman–Crippen MR) is 78.7 cm³/mol. The Labute approximate surface area is 116 Å². The number of rotatable bonds is 8. The highest BCUT2D eigenvalue weighted by atomic mass is 16.5. The third-order valence-corrected chi connectivity index (χ3v) is 3.23. The van der Waals surface area contributed by atoms with Crippen molar-refractivity contribution in [3.05, 3.63) is 23.8 Å². The summed E-state index contributed by atoms with van der Waals surface area (Å²) in [6.45, 7) is 6.87. The van der Waals surface area contributed by atoms with Gasteiger partial charge in [-0.3, -0.25) is 0 Å². The first kappa shape index (κ1) is 15.8. The van der Waals surface area contributed by atoms with Gasteiger partial charge in [0.2, 0.25) is 0 Å². The molecule has 0 amide bonds. The molecule has 108 valence electrons. The molecule has 3 N–H and O–H groups in total. The third-order valence-electron chi connectivity index (χ3n) is 3.23. The van der Waals surface area contributed by atoms with Crippen molar-refractivity contribution in [2.45, 2.75) is 26.8 Å². The van der Waals surface area contributed by atoms with Crippen LogP contribution in [0, 0.1) is 5.41 Å². The first-order valence-corrected chi connectivity index (χ1v) is 6.64. The van der Waals surface area contributed by atoms with Gasteiger partial charge in [-0.1, -0.05) is 19.9 Å². The first-order chi connectivity index (χ1) is 9.02. The van der Waals surface area contributed by atoms with Crippen LogP contribution in [0.2, 0.25) is 0 Å². The number of nitrogens with two attached hydrogens (primary N) is 1. The smallest absolute Gasteiger partial charge is 0.127 e. The highest BCUT2D eigenvalue weighted by Gasteiger charge is 2.16. The lowest BCUT2D eigenvalue weighted by Crippen LogP contribution is -2.31. The average molecular weight is 266 g/mol. The van der Waals surface area contributed by atoms with Crippen molar-refractivity contribution in [3.8, 4) is 11.5 Å². The average Bonchev–Trinajstić information content (AvgIpc) is 2.38. The lowest BCUT2D eigenvalue weighted by molar-refractivity contribution is 0.317. The van der Waals surface area contributed by atoms with E-state index in [9.17, 15) is 0 Å². The topological polar surface area (TPSA) is 56.5 Å². The minimum absolute atomic E-state index is 0.217. The van der Waals surface area contributed by atoms with Gasteiger partial charge in [0.15, 0.2) is 0 Å². The van der Waals surface area contributed by atoms with Crippen LogP contribution >= 0.6 is 0 Å². The summed E-state index contributed by atoms with van der Waals surface area (Å²) in [7, 11) is 3.33.